The Kier molecular flexibility index (Phi) is 5.20. The molecule has 0 saturated carbocycles. The fourth-order valence-electron chi connectivity index (χ4n) is 4.25. The van der Waals surface area contributed by atoms with Crippen LogP contribution in [0.4, 0.5) is 0 Å². The molecule has 0 aliphatic carbocycles. The van der Waals surface area contributed by atoms with Crippen molar-refractivity contribution in [3.8, 4) is 0 Å². The summed E-state index contributed by atoms with van der Waals surface area (Å²) in [7, 11) is 0. The molecule has 0 radical (unpaired) electrons. The summed E-state index contributed by atoms with van der Waals surface area (Å²) in [5.41, 5.74) is 1.38. The van der Waals surface area contributed by atoms with Gasteiger partial charge in [0, 0.05) is 29.3 Å². The van der Waals surface area contributed by atoms with Gasteiger partial charge < -0.3 is 9.80 Å². The largest absolute Gasteiger partial charge is 0.332 e. The number of rotatable bonds is 3. The molecular formula is C18H29ClN2+2. The lowest BCUT2D eigenvalue weighted by atomic mass is 9.95. The maximum absolute atomic E-state index is 6.09. The third-order valence-electron chi connectivity index (χ3n) is 5.42. The summed E-state index contributed by atoms with van der Waals surface area (Å²) in [6, 6.07) is 9.30. The standard InChI is InChI=1S/C18H27ClN2/c1-15-4-3-9-21(13-15)18-7-10-20(11-8-18)14-16-5-2-6-17(19)12-16/h2,5-6,12,15,18H,3-4,7-11,13-14H2,1H3/p+2/t15-/m0/s1. The van der Waals surface area contributed by atoms with Crippen molar-refractivity contribution >= 4 is 11.6 Å². The van der Waals surface area contributed by atoms with Crippen molar-refractivity contribution in [3.63, 3.8) is 0 Å². The van der Waals surface area contributed by atoms with Crippen LogP contribution in [0.5, 0.6) is 0 Å². The quantitative estimate of drug-likeness (QED) is 0.830. The average molecular weight is 309 g/mol. The van der Waals surface area contributed by atoms with E-state index < -0.39 is 0 Å². The summed E-state index contributed by atoms with van der Waals surface area (Å²) in [4.78, 5) is 3.63. The SMILES string of the molecule is C[C@H]1CCC[NH+](C2CC[NH+](Cc3cccc(Cl)c3)CC2)C1. The second-order valence-electron chi connectivity index (χ2n) is 7.19. The van der Waals surface area contributed by atoms with Gasteiger partial charge in [-0.15, -0.1) is 0 Å². The van der Waals surface area contributed by atoms with Gasteiger partial charge in [0.1, 0.15) is 6.54 Å². The van der Waals surface area contributed by atoms with Crippen LogP contribution in [-0.2, 0) is 6.54 Å². The van der Waals surface area contributed by atoms with Crippen LogP contribution in [0.15, 0.2) is 24.3 Å². The van der Waals surface area contributed by atoms with Crippen LogP contribution < -0.4 is 9.80 Å². The molecule has 2 fully saturated rings. The number of piperidine rings is 2. The second-order valence-corrected chi connectivity index (χ2v) is 7.63. The van der Waals surface area contributed by atoms with E-state index in [2.05, 4.69) is 25.1 Å². The topological polar surface area (TPSA) is 8.88 Å². The lowest BCUT2D eigenvalue weighted by molar-refractivity contribution is -0.967. The molecule has 1 aromatic carbocycles. The van der Waals surface area contributed by atoms with Crippen molar-refractivity contribution in [1.82, 2.24) is 0 Å². The molecule has 2 nitrogen and oxygen atoms in total. The lowest BCUT2D eigenvalue weighted by Gasteiger charge is -2.37. The molecule has 2 aliphatic heterocycles. The second kappa shape index (κ2) is 7.13. The lowest BCUT2D eigenvalue weighted by Crippen LogP contribution is -3.21. The van der Waals surface area contributed by atoms with E-state index in [4.69, 9.17) is 11.6 Å². The first-order valence-corrected chi connectivity index (χ1v) is 9.01. The number of hydrogen-bond acceptors (Lipinski definition) is 0. The van der Waals surface area contributed by atoms with Gasteiger partial charge in [-0.3, -0.25) is 0 Å². The van der Waals surface area contributed by atoms with Gasteiger partial charge in [-0.25, -0.2) is 0 Å². The van der Waals surface area contributed by atoms with Gasteiger partial charge in [-0.05, 0) is 25.0 Å². The number of hydrogen-bond donors (Lipinski definition) is 2. The van der Waals surface area contributed by atoms with Crippen LogP contribution in [0.25, 0.3) is 0 Å². The van der Waals surface area contributed by atoms with Crippen LogP contribution in [0.1, 0.15) is 38.2 Å². The fraction of sp³-hybridized carbons (Fsp3) is 0.667. The molecule has 0 spiro atoms. The first kappa shape index (κ1) is 15.3. The molecule has 0 bridgehead atoms. The van der Waals surface area contributed by atoms with Crippen molar-refractivity contribution in [1.29, 1.82) is 0 Å². The first-order valence-electron chi connectivity index (χ1n) is 8.63. The summed E-state index contributed by atoms with van der Waals surface area (Å²) >= 11 is 6.09. The normalized spacial score (nSPS) is 33.8. The molecular weight excluding hydrogens is 280 g/mol. The smallest absolute Gasteiger partial charge is 0.103 e. The minimum Gasteiger partial charge on any atom is -0.332 e. The Balaban J connectivity index is 1.48. The molecule has 1 aromatic rings. The van der Waals surface area contributed by atoms with Gasteiger partial charge in [-0.2, -0.15) is 0 Å². The van der Waals surface area contributed by atoms with E-state index in [1.54, 1.807) is 4.90 Å². The van der Waals surface area contributed by atoms with Gasteiger partial charge in [0.05, 0.1) is 32.2 Å². The van der Waals surface area contributed by atoms with Crippen molar-refractivity contribution in [2.24, 2.45) is 5.92 Å². The molecule has 2 heterocycles. The average Bonchev–Trinajstić information content (AvgIpc) is 2.48. The summed E-state index contributed by atoms with van der Waals surface area (Å²) in [6.45, 7) is 9.05. The Morgan fingerprint density at radius 3 is 2.67 bits per heavy atom. The van der Waals surface area contributed by atoms with Crippen molar-refractivity contribution in [2.45, 2.75) is 45.2 Å². The Bertz CT molecular complexity index is 454. The number of quaternary nitrogens is 2. The van der Waals surface area contributed by atoms with Gasteiger partial charge >= 0.3 is 0 Å². The zero-order chi connectivity index (χ0) is 14.7. The molecule has 1 unspecified atom stereocenters. The van der Waals surface area contributed by atoms with Gasteiger partial charge in [0.25, 0.3) is 0 Å². The van der Waals surface area contributed by atoms with E-state index in [-0.39, 0.29) is 0 Å². The van der Waals surface area contributed by atoms with Gasteiger partial charge in [-0.1, -0.05) is 30.7 Å². The van der Waals surface area contributed by atoms with Crippen LogP contribution in [0.3, 0.4) is 0 Å². The molecule has 2 saturated heterocycles. The maximum atomic E-state index is 6.09. The third kappa shape index (κ3) is 4.21. The van der Waals surface area contributed by atoms with E-state index in [1.165, 1.54) is 57.4 Å². The molecule has 0 amide bonds. The summed E-state index contributed by atoms with van der Waals surface area (Å²) in [6.07, 6.45) is 5.68. The van der Waals surface area contributed by atoms with Crippen LogP contribution in [0.2, 0.25) is 5.02 Å². The van der Waals surface area contributed by atoms with Gasteiger partial charge in [0.2, 0.25) is 0 Å². The van der Waals surface area contributed by atoms with E-state index in [0.717, 1.165) is 23.5 Å². The van der Waals surface area contributed by atoms with E-state index in [9.17, 15) is 0 Å². The fourth-order valence-corrected chi connectivity index (χ4v) is 4.46. The molecule has 3 heteroatoms. The van der Waals surface area contributed by atoms with E-state index >= 15 is 0 Å². The summed E-state index contributed by atoms with van der Waals surface area (Å²) in [5.74, 6) is 0.936. The highest BCUT2D eigenvalue weighted by molar-refractivity contribution is 6.30. The minimum atomic E-state index is 0.869. The van der Waals surface area contributed by atoms with Crippen molar-refractivity contribution in [2.75, 3.05) is 26.2 Å². The zero-order valence-electron chi connectivity index (χ0n) is 13.2. The Morgan fingerprint density at radius 1 is 1.14 bits per heavy atom. The third-order valence-corrected chi connectivity index (χ3v) is 5.65. The van der Waals surface area contributed by atoms with Crippen molar-refractivity contribution in [3.05, 3.63) is 34.9 Å². The zero-order valence-corrected chi connectivity index (χ0v) is 14.0. The highest BCUT2D eigenvalue weighted by Gasteiger charge is 2.32. The molecule has 2 aliphatic rings. The number of likely N-dealkylation sites (tertiary alicyclic amines) is 2. The number of benzene rings is 1. The molecule has 21 heavy (non-hydrogen) atoms. The molecule has 3 rings (SSSR count). The van der Waals surface area contributed by atoms with E-state index in [1.807, 2.05) is 11.0 Å². The van der Waals surface area contributed by atoms with Gasteiger partial charge in [0.15, 0.2) is 0 Å². The Labute approximate surface area is 134 Å². The summed E-state index contributed by atoms with van der Waals surface area (Å²) in [5, 5.41) is 0.869. The number of nitrogens with one attached hydrogen (secondary N) is 2. The van der Waals surface area contributed by atoms with E-state index in [0.29, 0.717) is 0 Å². The predicted octanol–water partition coefficient (Wildman–Crippen LogP) is 1.20. The first-order chi connectivity index (χ1) is 10.2. The highest BCUT2D eigenvalue weighted by Crippen LogP contribution is 2.10. The van der Waals surface area contributed by atoms with Crippen LogP contribution >= 0.6 is 11.6 Å². The Hall–Kier alpha value is -0.570. The maximum Gasteiger partial charge on any atom is 0.103 e. The molecule has 116 valence electrons. The van der Waals surface area contributed by atoms with Crippen LogP contribution in [-0.4, -0.2) is 32.2 Å². The molecule has 0 aromatic heterocycles. The minimum absolute atomic E-state index is 0.869. The molecule has 2 atom stereocenters. The van der Waals surface area contributed by atoms with Crippen LogP contribution in [0, 0.1) is 5.92 Å². The summed E-state index contributed by atoms with van der Waals surface area (Å²) < 4.78 is 0. The monoisotopic (exact) mass is 308 g/mol. The number of halogens is 1. The molecule has 2 N–H and O–H groups in total. The highest BCUT2D eigenvalue weighted by atomic mass is 35.5. The Morgan fingerprint density at radius 2 is 1.95 bits per heavy atom. The van der Waals surface area contributed by atoms with Crippen molar-refractivity contribution < 1.29 is 9.80 Å². The predicted molar refractivity (Wildman–Crippen MR) is 88.0 cm³/mol.